The van der Waals surface area contributed by atoms with Crippen LogP contribution in [0.5, 0.6) is 0 Å². The highest BCUT2D eigenvalue weighted by atomic mass is 19.1. The second kappa shape index (κ2) is 8.38. The van der Waals surface area contributed by atoms with Gasteiger partial charge in [-0.2, -0.15) is 4.52 Å². The third-order valence-corrected chi connectivity index (χ3v) is 5.80. The van der Waals surface area contributed by atoms with Gasteiger partial charge in [0.25, 0.3) is 5.91 Å². The molecule has 0 aliphatic rings. The molecule has 8 heteroatoms. The van der Waals surface area contributed by atoms with Crippen molar-refractivity contribution in [2.75, 3.05) is 0 Å². The summed E-state index contributed by atoms with van der Waals surface area (Å²) in [6.45, 7) is 4.69. The fourth-order valence-corrected chi connectivity index (χ4v) is 3.93. The Bertz CT molecular complexity index is 1460. The van der Waals surface area contributed by atoms with Crippen LogP contribution in [0.2, 0.25) is 0 Å². The molecule has 0 fully saturated rings. The highest BCUT2D eigenvalue weighted by molar-refractivity contribution is 5.94. The number of rotatable bonds is 5. The third kappa shape index (κ3) is 4.03. The summed E-state index contributed by atoms with van der Waals surface area (Å²) in [6, 6.07) is 15.8. The maximum Gasteiger partial charge on any atom is 0.256 e. The molecule has 0 spiro atoms. The van der Waals surface area contributed by atoms with Crippen LogP contribution in [0.1, 0.15) is 32.6 Å². The van der Waals surface area contributed by atoms with Crippen LogP contribution in [-0.2, 0) is 13.1 Å². The summed E-state index contributed by atoms with van der Waals surface area (Å²) in [5.74, 6) is -0.501. The maximum atomic E-state index is 13.4. The second-order valence-electron chi connectivity index (χ2n) is 8.11. The van der Waals surface area contributed by atoms with E-state index < -0.39 is 0 Å². The first-order chi connectivity index (χ1) is 16.0. The number of tetrazole rings is 1. The van der Waals surface area contributed by atoms with Crippen LogP contribution < -0.4 is 0 Å². The number of nitrogens with zero attached hydrogens (tertiary/aromatic N) is 6. The molecule has 0 atom stereocenters. The standard InChI is InChI=1S/C25H21FN6O/c1-16-10-20-12-21(24-28-29-30-32(24)23(20)11-17(16)2)15-31(14-18-5-7-22(26)8-6-18)25(33)19-4-3-9-27-13-19/h3-13H,14-15H2,1-2H3. The van der Waals surface area contributed by atoms with Crippen molar-refractivity contribution in [1.82, 2.24) is 29.9 Å². The molecule has 0 aliphatic carbocycles. The molecule has 0 saturated carbocycles. The zero-order chi connectivity index (χ0) is 22.9. The molecule has 0 unspecified atom stereocenters. The largest absolute Gasteiger partial charge is 0.330 e. The average molecular weight is 440 g/mol. The topological polar surface area (TPSA) is 76.3 Å². The molecule has 2 aromatic carbocycles. The van der Waals surface area contributed by atoms with Gasteiger partial charge in [-0.05, 0) is 83.4 Å². The fraction of sp³-hybridized carbons (Fsp3) is 0.160. The molecule has 3 heterocycles. The van der Waals surface area contributed by atoms with Gasteiger partial charge in [-0.15, -0.1) is 5.10 Å². The quantitative estimate of drug-likeness (QED) is 0.408. The van der Waals surface area contributed by atoms with Crippen LogP contribution in [0.25, 0.3) is 16.6 Å². The van der Waals surface area contributed by atoms with Crippen LogP contribution in [0.15, 0.2) is 67.0 Å². The van der Waals surface area contributed by atoms with Crippen molar-refractivity contribution in [2.45, 2.75) is 26.9 Å². The summed E-state index contributed by atoms with van der Waals surface area (Å²) in [5, 5.41) is 13.3. The number of hydrogen-bond acceptors (Lipinski definition) is 5. The van der Waals surface area contributed by atoms with Crippen molar-refractivity contribution in [3.8, 4) is 0 Å². The minimum atomic E-state index is -0.319. The zero-order valence-corrected chi connectivity index (χ0v) is 18.2. The number of carbonyl (C=O) groups is 1. The van der Waals surface area contributed by atoms with E-state index in [9.17, 15) is 9.18 Å². The lowest BCUT2D eigenvalue weighted by atomic mass is 10.0. The van der Waals surface area contributed by atoms with Gasteiger partial charge >= 0.3 is 0 Å². The van der Waals surface area contributed by atoms with Crippen LogP contribution in [0.4, 0.5) is 4.39 Å². The number of benzene rings is 2. The summed E-state index contributed by atoms with van der Waals surface area (Å²) in [5.41, 5.74) is 5.92. The molecule has 1 amide bonds. The molecule has 0 N–H and O–H groups in total. The molecule has 0 bridgehead atoms. The number of aromatic nitrogens is 5. The Balaban J connectivity index is 1.59. The number of halogens is 1. The average Bonchev–Trinajstić information content (AvgIpc) is 3.32. The Morgan fingerprint density at radius 1 is 1.03 bits per heavy atom. The SMILES string of the molecule is Cc1cc2cc(CN(Cc3ccc(F)cc3)C(=O)c3cccnc3)c3nnnn3c2cc1C. The predicted molar refractivity (Wildman–Crippen MR) is 122 cm³/mol. The van der Waals surface area contributed by atoms with Crippen LogP contribution in [-0.4, -0.2) is 35.8 Å². The molecular formula is C25H21FN6O. The lowest BCUT2D eigenvalue weighted by Gasteiger charge is -2.23. The Labute approximate surface area is 189 Å². The molecule has 33 heavy (non-hydrogen) atoms. The van der Waals surface area contributed by atoms with Gasteiger partial charge in [-0.25, -0.2) is 4.39 Å². The van der Waals surface area contributed by atoms with Crippen LogP contribution in [0, 0.1) is 19.7 Å². The highest BCUT2D eigenvalue weighted by Gasteiger charge is 2.20. The van der Waals surface area contributed by atoms with Gasteiger partial charge in [0.2, 0.25) is 0 Å². The van der Waals surface area contributed by atoms with Crippen molar-refractivity contribution in [3.63, 3.8) is 0 Å². The van der Waals surface area contributed by atoms with E-state index in [0.717, 1.165) is 33.2 Å². The molecule has 0 aliphatic heterocycles. The summed E-state index contributed by atoms with van der Waals surface area (Å²) < 4.78 is 15.1. The molecular weight excluding hydrogens is 419 g/mol. The fourth-order valence-electron chi connectivity index (χ4n) is 3.93. The molecule has 7 nitrogen and oxygen atoms in total. The van der Waals surface area contributed by atoms with Crippen molar-refractivity contribution < 1.29 is 9.18 Å². The normalized spacial score (nSPS) is 11.2. The van der Waals surface area contributed by atoms with Crippen molar-refractivity contribution >= 4 is 22.5 Å². The summed E-state index contributed by atoms with van der Waals surface area (Å²) in [7, 11) is 0. The molecule has 0 radical (unpaired) electrons. The maximum absolute atomic E-state index is 13.4. The lowest BCUT2D eigenvalue weighted by molar-refractivity contribution is 0.0730. The third-order valence-electron chi connectivity index (χ3n) is 5.80. The summed E-state index contributed by atoms with van der Waals surface area (Å²) in [4.78, 5) is 19.2. The Kier molecular flexibility index (Phi) is 5.26. The van der Waals surface area contributed by atoms with E-state index in [1.165, 1.54) is 12.1 Å². The van der Waals surface area contributed by atoms with Crippen molar-refractivity contribution in [3.05, 3.63) is 101 Å². The second-order valence-corrected chi connectivity index (χ2v) is 8.11. The van der Waals surface area contributed by atoms with Crippen molar-refractivity contribution in [2.24, 2.45) is 0 Å². The Morgan fingerprint density at radius 3 is 2.58 bits per heavy atom. The van der Waals surface area contributed by atoms with Crippen LogP contribution in [0.3, 0.4) is 0 Å². The molecule has 0 saturated heterocycles. The van der Waals surface area contributed by atoms with E-state index in [1.807, 2.05) is 6.07 Å². The number of fused-ring (bicyclic) bond motifs is 3. The Hall–Kier alpha value is -4.20. The number of aryl methyl sites for hydroxylation is 2. The molecule has 164 valence electrons. The number of carbonyl (C=O) groups excluding carboxylic acids is 1. The van der Waals surface area contributed by atoms with E-state index in [1.54, 1.807) is 46.1 Å². The van der Waals surface area contributed by atoms with E-state index in [0.29, 0.717) is 17.8 Å². The summed E-state index contributed by atoms with van der Waals surface area (Å²) in [6.07, 6.45) is 3.17. The van der Waals surface area contributed by atoms with Gasteiger partial charge in [0, 0.05) is 29.9 Å². The van der Waals surface area contributed by atoms with E-state index in [4.69, 9.17) is 0 Å². The van der Waals surface area contributed by atoms with Gasteiger partial charge in [-0.1, -0.05) is 12.1 Å². The van der Waals surface area contributed by atoms with Gasteiger partial charge in [0.15, 0.2) is 5.65 Å². The minimum absolute atomic E-state index is 0.182. The first-order valence-electron chi connectivity index (χ1n) is 10.5. The van der Waals surface area contributed by atoms with Gasteiger partial charge in [0.05, 0.1) is 17.6 Å². The van der Waals surface area contributed by atoms with E-state index in [-0.39, 0.29) is 18.3 Å². The minimum Gasteiger partial charge on any atom is -0.330 e. The highest BCUT2D eigenvalue weighted by Crippen LogP contribution is 2.25. The predicted octanol–water partition coefficient (Wildman–Crippen LogP) is 4.27. The molecule has 3 aromatic heterocycles. The number of amides is 1. The van der Waals surface area contributed by atoms with Crippen LogP contribution >= 0.6 is 0 Å². The Morgan fingerprint density at radius 2 is 1.82 bits per heavy atom. The van der Waals surface area contributed by atoms with Crippen molar-refractivity contribution in [1.29, 1.82) is 0 Å². The zero-order valence-electron chi connectivity index (χ0n) is 18.2. The van der Waals surface area contributed by atoms with E-state index in [2.05, 4.69) is 46.5 Å². The smallest absolute Gasteiger partial charge is 0.256 e. The monoisotopic (exact) mass is 440 g/mol. The van der Waals surface area contributed by atoms with Gasteiger partial charge < -0.3 is 4.90 Å². The lowest BCUT2D eigenvalue weighted by Crippen LogP contribution is -2.30. The van der Waals surface area contributed by atoms with E-state index >= 15 is 0 Å². The number of pyridine rings is 2. The van der Waals surface area contributed by atoms with Gasteiger partial charge in [-0.3, -0.25) is 9.78 Å². The molecule has 5 aromatic rings. The first kappa shape index (κ1) is 20.7. The first-order valence-corrected chi connectivity index (χ1v) is 10.5. The molecule has 5 rings (SSSR count). The number of hydrogen-bond donors (Lipinski definition) is 0. The summed E-state index contributed by atoms with van der Waals surface area (Å²) >= 11 is 0. The van der Waals surface area contributed by atoms with Gasteiger partial charge in [0.1, 0.15) is 5.82 Å².